The van der Waals surface area contributed by atoms with Gasteiger partial charge >= 0.3 is 0 Å². The van der Waals surface area contributed by atoms with Gasteiger partial charge in [0.15, 0.2) is 5.13 Å². The topological polar surface area (TPSA) is 69.8 Å². The molecule has 1 saturated heterocycles. The zero-order valence-corrected chi connectivity index (χ0v) is 19.4. The molecule has 0 saturated carbocycles. The highest BCUT2D eigenvalue weighted by atomic mass is 32.1. The molecule has 4 rings (SSSR count). The second-order valence-corrected chi connectivity index (χ2v) is 9.23. The van der Waals surface area contributed by atoms with E-state index in [1.54, 1.807) is 23.6 Å². The van der Waals surface area contributed by atoms with E-state index < -0.39 is 0 Å². The van der Waals surface area contributed by atoms with Crippen molar-refractivity contribution in [1.82, 2.24) is 19.4 Å². The highest BCUT2D eigenvalue weighted by Gasteiger charge is 2.24. The molecule has 31 heavy (non-hydrogen) atoms. The van der Waals surface area contributed by atoms with E-state index in [9.17, 15) is 0 Å². The third kappa shape index (κ3) is 4.97. The fourth-order valence-electron chi connectivity index (χ4n) is 4.47. The summed E-state index contributed by atoms with van der Waals surface area (Å²) in [7, 11) is 0. The molecule has 0 aromatic carbocycles. The summed E-state index contributed by atoms with van der Waals surface area (Å²) in [6, 6.07) is 7.99. The number of aryl methyl sites for hydroxylation is 1. The summed E-state index contributed by atoms with van der Waals surface area (Å²) in [5.74, 6) is 0.471. The largest absolute Gasteiger partial charge is 0.349 e. The monoisotopic (exact) mass is 434 g/mol. The van der Waals surface area contributed by atoms with Crippen LogP contribution >= 0.6 is 11.3 Å². The van der Waals surface area contributed by atoms with E-state index in [-0.39, 0.29) is 0 Å². The van der Waals surface area contributed by atoms with Crippen molar-refractivity contribution in [3.05, 3.63) is 58.1 Å². The van der Waals surface area contributed by atoms with E-state index in [1.165, 1.54) is 41.9 Å². The van der Waals surface area contributed by atoms with Crippen molar-refractivity contribution in [2.24, 2.45) is 0 Å². The fraction of sp³-hybridized carbons (Fsp3) is 0.458. The zero-order chi connectivity index (χ0) is 21.8. The van der Waals surface area contributed by atoms with Crippen molar-refractivity contribution in [3.8, 4) is 6.07 Å². The molecule has 1 aliphatic rings. The number of anilines is 2. The minimum Gasteiger partial charge on any atom is -0.349 e. The van der Waals surface area contributed by atoms with Crippen LogP contribution in [0, 0.1) is 25.2 Å². The van der Waals surface area contributed by atoms with Gasteiger partial charge in [-0.15, -0.1) is 11.3 Å². The average molecular weight is 435 g/mol. The molecule has 0 bridgehead atoms. The second kappa shape index (κ2) is 9.63. The van der Waals surface area contributed by atoms with Crippen LogP contribution in [-0.4, -0.2) is 32.5 Å². The molecule has 3 aromatic rings. The lowest BCUT2D eigenvalue weighted by molar-refractivity contribution is 0.198. The lowest BCUT2D eigenvalue weighted by Gasteiger charge is -2.32. The second-order valence-electron chi connectivity index (χ2n) is 8.37. The Balaban J connectivity index is 1.40. The maximum absolute atomic E-state index is 8.89. The zero-order valence-electron chi connectivity index (χ0n) is 18.6. The number of hydrogen-bond acceptors (Lipinski definition) is 6. The smallest absolute Gasteiger partial charge is 0.187 e. The van der Waals surface area contributed by atoms with Crippen LogP contribution < -0.4 is 5.32 Å². The van der Waals surface area contributed by atoms with Gasteiger partial charge in [0, 0.05) is 42.3 Å². The normalized spacial score (nSPS) is 16.9. The summed E-state index contributed by atoms with van der Waals surface area (Å²) >= 11 is 1.63. The molecule has 0 unspecified atom stereocenters. The van der Waals surface area contributed by atoms with E-state index in [2.05, 4.69) is 52.0 Å². The maximum Gasteiger partial charge on any atom is 0.187 e. The van der Waals surface area contributed by atoms with Crippen LogP contribution in [0.3, 0.4) is 0 Å². The Hall–Kier alpha value is -2.69. The number of nitriles is 1. The number of aromatic nitrogens is 3. The molecule has 0 radical (unpaired) electrons. The van der Waals surface area contributed by atoms with Crippen molar-refractivity contribution in [2.45, 2.75) is 59.0 Å². The Morgan fingerprint density at radius 3 is 2.94 bits per heavy atom. The maximum atomic E-state index is 8.89. The van der Waals surface area contributed by atoms with Gasteiger partial charge in [0.1, 0.15) is 11.8 Å². The van der Waals surface area contributed by atoms with Gasteiger partial charge in [-0.3, -0.25) is 4.90 Å². The predicted octanol–water partition coefficient (Wildman–Crippen LogP) is 5.36. The van der Waals surface area contributed by atoms with Crippen LogP contribution in [0.25, 0.3) is 0 Å². The first kappa shape index (κ1) is 21.5. The Morgan fingerprint density at radius 1 is 1.32 bits per heavy atom. The molecule has 0 spiro atoms. The summed E-state index contributed by atoms with van der Waals surface area (Å²) in [4.78, 5) is 11.6. The van der Waals surface area contributed by atoms with Gasteiger partial charge in [0.25, 0.3) is 0 Å². The number of likely N-dealkylation sites (tertiary alicyclic amines) is 1. The lowest BCUT2D eigenvalue weighted by Crippen LogP contribution is -2.34. The van der Waals surface area contributed by atoms with Gasteiger partial charge in [0.2, 0.25) is 0 Å². The summed E-state index contributed by atoms with van der Waals surface area (Å²) < 4.78 is 2.45. The molecule has 1 fully saturated rings. The van der Waals surface area contributed by atoms with Crippen molar-refractivity contribution in [2.75, 3.05) is 18.4 Å². The molecule has 0 aliphatic carbocycles. The minimum absolute atomic E-state index is 0.420. The van der Waals surface area contributed by atoms with Crippen LogP contribution in [-0.2, 0) is 13.1 Å². The molecule has 0 amide bonds. The molecule has 1 aliphatic heterocycles. The van der Waals surface area contributed by atoms with Crippen molar-refractivity contribution in [3.63, 3.8) is 0 Å². The van der Waals surface area contributed by atoms with Gasteiger partial charge in [-0.2, -0.15) is 5.26 Å². The quantitative estimate of drug-likeness (QED) is 0.542. The number of rotatable bonds is 7. The first-order chi connectivity index (χ1) is 15.1. The van der Waals surface area contributed by atoms with Crippen molar-refractivity contribution >= 4 is 22.2 Å². The predicted molar refractivity (Wildman–Crippen MR) is 126 cm³/mol. The third-order valence-electron chi connectivity index (χ3n) is 6.09. The lowest BCUT2D eigenvalue weighted by atomic mass is 9.95. The molecule has 1 atom stereocenters. The number of nitrogens with zero attached hydrogens (tertiary/aromatic N) is 5. The highest BCUT2D eigenvalue weighted by molar-refractivity contribution is 7.13. The summed E-state index contributed by atoms with van der Waals surface area (Å²) in [5, 5.41) is 15.3. The van der Waals surface area contributed by atoms with Gasteiger partial charge in [-0.05, 0) is 63.4 Å². The Morgan fingerprint density at radius 2 is 2.19 bits per heavy atom. The molecular weight excluding hydrogens is 404 g/mol. The molecule has 4 heterocycles. The number of hydrogen-bond donors (Lipinski definition) is 1. The Labute approximate surface area is 188 Å². The van der Waals surface area contributed by atoms with Gasteiger partial charge in [-0.25, -0.2) is 9.97 Å². The molecule has 7 heteroatoms. The standard InChI is InChI=1S/C24H30N6S/c1-4-9-30-17(2)11-20(18(30)3)15-29-10-5-6-19(14-29)23-16-31-24(28-23)27-22-8-7-21(12-25)26-13-22/h7-8,11,13,16,19H,4-6,9-10,14-15H2,1-3H3,(H,27,28)/t19-/m0/s1. The van der Waals surface area contributed by atoms with Gasteiger partial charge in [-0.1, -0.05) is 6.92 Å². The molecule has 162 valence electrons. The third-order valence-corrected chi connectivity index (χ3v) is 6.87. The number of pyridine rings is 1. The van der Waals surface area contributed by atoms with Crippen LogP contribution in [0.15, 0.2) is 29.8 Å². The molecule has 6 nitrogen and oxygen atoms in total. The minimum atomic E-state index is 0.420. The van der Waals surface area contributed by atoms with Gasteiger partial charge in [0.05, 0.1) is 17.6 Å². The highest BCUT2D eigenvalue weighted by Crippen LogP contribution is 2.31. The van der Waals surface area contributed by atoms with Gasteiger partial charge < -0.3 is 9.88 Å². The Kier molecular flexibility index (Phi) is 6.69. The first-order valence-electron chi connectivity index (χ1n) is 11.0. The van der Waals surface area contributed by atoms with Crippen LogP contribution in [0.2, 0.25) is 0 Å². The fourth-order valence-corrected chi connectivity index (χ4v) is 5.28. The number of piperidine rings is 1. The van der Waals surface area contributed by atoms with Crippen LogP contribution in [0.1, 0.15) is 60.4 Å². The van der Waals surface area contributed by atoms with Crippen LogP contribution in [0.4, 0.5) is 10.8 Å². The SMILES string of the molecule is CCCn1c(C)cc(CN2CCC[C@H](c3csc(Nc4ccc(C#N)nc4)n3)C2)c1C. The van der Waals surface area contributed by atoms with Crippen molar-refractivity contribution < 1.29 is 0 Å². The van der Waals surface area contributed by atoms with Crippen molar-refractivity contribution in [1.29, 1.82) is 5.26 Å². The van der Waals surface area contributed by atoms with E-state index in [1.807, 2.05) is 12.1 Å². The molecular formula is C24H30N6S. The first-order valence-corrected chi connectivity index (χ1v) is 11.9. The molecule has 1 N–H and O–H groups in total. The summed E-state index contributed by atoms with van der Waals surface area (Å²) in [6.45, 7) is 11.0. The average Bonchev–Trinajstić information content (AvgIpc) is 3.35. The number of nitrogens with one attached hydrogen (secondary N) is 1. The van der Waals surface area contributed by atoms with E-state index >= 15 is 0 Å². The summed E-state index contributed by atoms with van der Waals surface area (Å²) in [5.41, 5.74) is 6.69. The summed E-state index contributed by atoms with van der Waals surface area (Å²) in [6.07, 6.45) is 5.24. The van der Waals surface area contributed by atoms with Crippen LogP contribution in [0.5, 0.6) is 0 Å². The van der Waals surface area contributed by atoms with E-state index in [0.717, 1.165) is 37.0 Å². The van der Waals surface area contributed by atoms with E-state index in [0.29, 0.717) is 11.6 Å². The Bertz CT molecular complexity index is 1060. The number of thiazole rings is 1. The molecule has 3 aromatic heterocycles. The van der Waals surface area contributed by atoms with E-state index in [4.69, 9.17) is 10.2 Å².